The van der Waals surface area contributed by atoms with Gasteiger partial charge in [-0.1, -0.05) is 12.1 Å². The first-order valence-electron chi connectivity index (χ1n) is 12.9. The fourth-order valence-electron chi connectivity index (χ4n) is 5.27. The summed E-state index contributed by atoms with van der Waals surface area (Å²) in [6, 6.07) is 10.5. The van der Waals surface area contributed by atoms with Crippen molar-refractivity contribution in [2.75, 3.05) is 43.0 Å². The van der Waals surface area contributed by atoms with Gasteiger partial charge in [-0.15, -0.1) is 0 Å². The van der Waals surface area contributed by atoms with Crippen molar-refractivity contribution >= 4 is 17.4 Å². The molecule has 0 bridgehead atoms. The highest BCUT2D eigenvalue weighted by atomic mass is 19.4. The molecule has 0 amide bonds. The SMILES string of the molecule is CNCC1CCN(c2cc(N3CCC[C@H]3C(=O)CCCc3ccc(C#N)cc3)nc(C(F)(F)F)n2)CC1. The second-order valence-corrected chi connectivity index (χ2v) is 9.87. The molecule has 2 saturated heterocycles. The molecule has 2 fully saturated rings. The van der Waals surface area contributed by atoms with Gasteiger partial charge in [-0.3, -0.25) is 4.79 Å². The molecule has 0 spiro atoms. The standard InChI is InChI=1S/C27H33F3N6O/c1-32-18-21-11-14-35(15-12-21)24-16-25(34-26(33-24)27(28,29)30)36-13-3-5-22(36)23(37)6-2-4-19-7-9-20(17-31)10-8-19/h7-10,16,21-22,32H,2-6,11-15,18H2,1H3/t22-/m0/s1. The van der Waals surface area contributed by atoms with Crippen molar-refractivity contribution in [1.82, 2.24) is 15.3 Å². The first kappa shape index (κ1) is 26.9. The number of nitriles is 1. The maximum atomic E-state index is 13.7. The summed E-state index contributed by atoms with van der Waals surface area (Å²) in [5.41, 5.74) is 1.63. The predicted octanol–water partition coefficient (Wildman–Crippen LogP) is 4.36. The third-order valence-electron chi connectivity index (χ3n) is 7.27. The zero-order valence-corrected chi connectivity index (χ0v) is 21.1. The highest BCUT2D eigenvalue weighted by Gasteiger charge is 2.38. The van der Waals surface area contributed by atoms with Gasteiger partial charge >= 0.3 is 6.18 Å². The minimum atomic E-state index is -4.67. The second-order valence-electron chi connectivity index (χ2n) is 9.87. The number of nitrogens with one attached hydrogen (secondary N) is 1. The van der Waals surface area contributed by atoms with E-state index in [0.717, 1.165) is 31.4 Å². The Hall–Kier alpha value is -3.19. The van der Waals surface area contributed by atoms with Crippen LogP contribution in [0.25, 0.3) is 0 Å². The van der Waals surface area contributed by atoms with Crippen molar-refractivity contribution in [2.45, 2.75) is 57.2 Å². The molecule has 1 N–H and O–H groups in total. The van der Waals surface area contributed by atoms with Gasteiger partial charge in [-0.2, -0.15) is 18.4 Å². The molecule has 1 aromatic heterocycles. The average molecular weight is 515 g/mol. The van der Waals surface area contributed by atoms with Gasteiger partial charge in [0.25, 0.3) is 0 Å². The van der Waals surface area contributed by atoms with Gasteiger partial charge in [0.2, 0.25) is 5.82 Å². The van der Waals surface area contributed by atoms with Crippen LogP contribution < -0.4 is 15.1 Å². The van der Waals surface area contributed by atoms with Gasteiger partial charge in [-0.05, 0) is 75.7 Å². The number of aromatic nitrogens is 2. The molecule has 4 rings (SSSR count). The number of carbonyl (C=O) groups excluding carboxylic acids is 1. The predicted molar refractivity (Wildman–Crippen MR) is 135 cm³/mol. The number of anilines is 2. The molecule has 7 nitrogen and oxygen atoms in total. The number of nitrogens with zero attached hydrogens (tertiary/aromatic N) is 5. The topological polar surface area (TPSA) is 85.1 Å². The fraction of sp³-hybridized carbons (Fsp3) is 0.556. The van der Waals surface area contributed by atoms with E-state index in [1.165, 1.54) is 0 Å². The Morgan fingerprint density at radius 2 is 1.81 bits per heavy atom. The third kappa shape index (κ3) is 6.77. The van der Waals surface area contributed by atoms with Gasteiger partial charge in [0.15, 0.2) is 5.78 Å². The number of hydrogen-bond acceptors (Lipinski definition) is 7. The summed E-state index contributed by atoms with van der Waals surface area (Å²) in [5, 5.41) is 12.1. The quantitative estimate of drug-likeness (QED) is 0.532. The normalized spacial score (nSPS) is 18.7. The van der Waals surface area contributed by atoms with E-state index in [-0.39, 0.29) is 17.4 Å². The third-order valence-corrected chi connectivity index (χ3v) is 7.27. The molecule has 1 aromatic carbocycles. The van der Waals surface area contributed by atoms with Crippen molar-refractivity contribution in [3.05, 3.63) is 47.3 Å². The minimum Gasteiger partial charge on any atom is -0.356 e. The summed E-state index contributed by atoms with van der Waals surface area (Å²) in [4.78, 5) is 24.5. The summed E-state index contributed by atoms with van der Waals surface area (Å²) in [5.74, 6) is -0.185. The van der Waals surface area contributed by atoms with E-state index in [4.69, 9.17) is 5.26 Å². The Morgan fingerprint density at radius 1 is 1.11 bits per heavy atom. The molecule has 1 atom stereocenters. The van der Waals surface area contributed by atoms with Crippen molar-refractivity contribution in [3.63, 3.8) is 0 Å². The summed E-state index contributed by atoms with van der Waals surface area (Å²) in [7, 11) is 1.90. The Labute approximate surface area is 215 Å². The van der Waals surface area contributed by atoms with Crippen molar-refractivity contribution in [1.29, 1.82) is 5.26 Å². The fourth-order valence-corrected chi connectivity index (χ4v) is 5.27. The molecule has 37 heavy (non-hydrogen) atoms. The molecule has 0 aliphatic carbocycles. The lowest BCUT2D eigenvalue weighted by Gasteiger charge is -2.34. The molecular formula is C27H33F3N6O. The number of halogens is 3. The molecule has 2 aromatic rings. The lowest BCUT2D eigenvalue weighted by molar-refractivity contribution is -0.144. The summed E-state index contributed by atoms with van der Waals surface area (Å²) >= 11 is 0. The first-order chi connectivity index (χ1) is 17.8. The maximum absolute atomic E-state index is 13.7. The van der Waals surface area contributed by atoms with Crippen LogP contribution in [0.5, 0.6) is 0 Å². The van der Waals surface area contributed by atoms with Crippen molar-refractivity contribution in [3.8, 4) is 6.07 Å². The average Bonchev–Trinajstić information content (AvgIpc) is 3.39. The van der Waals surface area contributed by atoms with Crippen LogP contribution in [0.4, 0.5) is 24.8 Å². The number of benzene rings is 1. The Balaban J connectivity index is 1.46. The van der Waals surface area contributed by atoms with Crippen LogP contribution in [0.15, 0.2) is 30.3 Å². The van der Waals surface area contributed by atoms with Gasteiger partial charge in [0.1, 0.15) is 11.6 Å². The smallest absolute Gasteiger partial charge is 0.356 e. The highest BCUT2D eigenvalue weighted by molar-refractivity contribution is 5.87. The molecule has 0 radical (unpaired) electrons. The Bertz CT molecular complexity index is 1110. The van der Waals surface area contributed by atoms with Gasteiger partial charge in [-0.25, -0.2) is 9.97 Å². The van der Waals surface area contributed by atoms with Crippen LogP contribution in [0.1, 0.15) is 55.5 Å². The van der Waals surface area contributed by atoms with E-state index < -0.39 is 18.0 Å². The Morgan fingerprint density at radius 3 is 2.46 bits per heavy atom. The summed E-state index contributed by atoms with van der Waals surface area (Å²) < 4.78 is 41.2. The van der Waals surface area contributed by atoms with E-state index in [1.54, 1.807) is 23.1 Å². The molecule has 0 unspecified atom stereocenters. The summed E-state index contributed by atoms with van der Waals surface area (Å²) in [6.45, 7) is 2.65. The van der Waals surface area contributed by atoms with E-state index in [9.17, 15) is 18.0 Å². The maximum Gasteiger partial charge on any atom is 0.451 e. The zero-order chi connectivity index (χ0) is 26.4. The number of carbonyl (C=O) groups is 1. The van der Waals surface area contributed by atoms with Crippen LogP contribution in [-0.2, 0) is 17.4 Å². The van der Waals surface area contributed by atoms with Crippen molar-refractivity contribution in [2.24, 2.45) is 5.92 Å². The number of rotatable bonds is 9. The van der Waals surface area contributed by atoms with Gasteiger partial charge < -0.3 is 15.1 Å². The van der Waals surface area contributed by atoms with E-state index in [0.29, 0.717) is 56.8 Å². The second kappa shape index (κ2) is 11.9. The first-order valence-corrected chi connectivity index (χ1v) is 12.9. The van der Waals surface area contributed by atoms with Gasteiger partial charge in [0.05, 0.1) is 17.7 Å². The monoisotopic (exact) mass is 514 g/mol. The van der Waals surface area contributed by atoms with Crippen LogP contribution in [0.3, 0.4) is 0 Å². The molecule has 0 saturated carbocycles. The molecule has 2 aliphatic heterocycles. The van der Waals surface area contributed by atoms with Crippen LogP contribution >= 0.6 is 0 Å². The number of Topliss-reactive ketones (excluding diaryl/α,β-unsaturated/α-hetero) is 1. The lowest BCUT2D eigenvalue weighted by Crippen LogP contribution is -2.39. The minimum absolute atomic E-state index is 0.0211. The Kier molecular flexibility index (Phi) is 8.64. The zero-order valence-electron chi connectivity index (χ0n) is 21.1. The number of aryl methyl sites for hydroxylation is 1. The number of ketones is 1. The van der Waals surface area contributed by atoms with E-state index >= 15 is 0 Å². The molecule has 3 heterocycles. The molecule has 2 aliphatic rings. The molecule has 198 valence electrons. The van der Waals surface area contributed by atoms with Gasteiger partial charge in [0, 0.05) is 32.1 Å². The van der Waals surface area contributed by atoms with E-state index in [2.05, 4.69) is 21.4 Å². The number of piperidine rings is 1. The number of alkyl halides is 3. The van der Waals surface area contributed by atoms with Crippen LogP contribution in [0, 0.1) is 17.2 Å². The van der Waals surface area contributed by atoms with E-state index in [1.807, 2.05) is 24.1 Å². The highest BCUT2D eigenvalue weighted by Crippen LogP contribution is 2.34. The van der Waals surface area contributed by atoms with Crippen LogP contribution in [-0.4, -0.2) is 55.0 Å². The molecule has 10 heteroatoms. The molecular weight excluding hydrogens is 481 g/mol. The number of hydrogen-bond donors (Lipinski definition) is 1. The van der Waals surface area contributed by atoms with Crippen molar-refractivity contribution < 1.29 is 18.0 Å². The summed E-state index contributed by atoms with van der Waals surface area (Å²) in [6.07, 6.45) is 0.0911. The largest absolute Gasteiger partial charge is 0.451 e. The lowest BCUT2D eigenvalue weighted by atomic mass is 9.97. The van der Waals surface area contributed by atoms with Crippen LogP contribution in [0.2, 0.25) is 0 Å².